The molecule has 0 saturated heterocycles. The number of aliphatic hydroxyl groups excluding tert-OH is 1. The van der Waals surface area contributed by atoms with Crippen LogP contribution in [-0.4, -0.2) is 24.7 Å². The van der Waals surface area contributed by atoms with Crippen LogP contribution in [0.3, 0.4) is 0 Å². The van der Waals surface area contributed by atoms with E-state index in [0.717, 1.165) is 5.56 Å². The topological polar surface area (TPSA) is 58.6 Å². The van der Waals surface area contributed by atoms with Crippen LogP contribution in [0.5, 0.6) is 5.75 Å². The molecule has 0 spiro atoms. The third-order valence-electron chi connectivity index (χ3n) is 2.72. The summed E-state index contributed by atoms with van der Waals surface area (Å²) in [7, 11) is 1.56. The molecule has 0 bridgehead atoms. The first kappa shape index (κ1) is 13.6. The average Bonchev–Trinajstić information content (AvgIpc) is 2.94. The van der Waals surface area contributed by atoms with Crippen LogP contribution in [0.1, 0.15) is 21.3 Å². The minimum Gasteiger partial charge on any atom is -0.496 e. The minimum atomic E-state index is -0.401. The lowest BCUT2D eigenvalue weighted by Gasteiger charge is -2.16. The highest BCUT2D eigenvalue weighted by Gasteiger charge is 2.16. The van der Waals surface area contributed by atoms with Gasteiger partial charge in [-0.25, -0.2) is 0 Å². The molecule has 0 aliphatic heterocycles. The Morgan fingerprint density at radius 2 is 2.16 bits per heavy atom. The lowest BCUT2D eigenvalue weighted by atomic mass is 10.1. The molecule has 1 aromatic carbocycles. The number of carbonyl (C=O) groups excluding carboxylic acids is 1. The fourth-order valence-corrected chi connectivity index (χ4v) is 2.45. The summed E-state index contributed by atoms with van der Waals surface area (Å²) in [6.07, 6.45) is 0. The smallest absolute Gasteiger partial charge is 0.262 e. The number of ether oxygens (including phenoxy) is 1. The second kappa shape index (κ2) is 6.36. The fourth-order valence-electron chi connectivity index (χ4n) is 1.69. The van der Waals surface area contributed by atoms with Crippen molar-refractivity contribution >= 4 is 17.2 Å². The molecule has 0 radical (unpaired) electrons. The molecule has 1 amide bonds. The second-order valence-electron chi connectivity index (χ2n) is 3.97. The van der Waals surface area contributed by atoms with E-state index in [0.29, 0.717) is 10.6 Å². The van der Waals surface area contributed by atoms with Gasteiger partial charge in [-0.3, -0.25) is 4.79 Å². The van der Waals surface area contributed by atoms with Gasteiger partial charge in [0.1, 0.15) is 5.75 Å². The molecular formula is C14H15NO3S. The van der Waals surface area contributed by atoms with Gasteiger partial charge in [-0.05, 0) is 5.56 Å². The van der Waals surface area contributed by atoms with Crippen LogP contribution in [0.2, 0.25) is 0 Å². The Labute approximate surface area is 115 Å². The van der Waals surface area contributed by atoms with E-state index in [9.17, 15) is 9.90 Å². The molecule has 2 aromatic rings. The van der Waals surface area contributed by atoms with Gasteiger partial charge in [-0.2, -0.15) is 0 Å². The normalized spacial score (nSPS) is 11.9. The van der Waals surface area contributed by atoms with Crippen molar-refractivity contribution in [1.82, 2.24) is 5.32 Å². The first-order valence-corrected chi connectivity index (χ1v) is 6.71. The van der Waals surface area contributed by atoms with Crippen LogP contribution < -0.4 is 10.1 Å². The number of thiophene rings is 1. The van der Waals surface area contributed by atoms with Crippen LogP contribution in [-0.2, 0) is 0 Å². The molecular weight excluding hydrogens is 262 g/mol. The van der Waals surface area contributed by atoms with Crippen LogP contribution in [0.15, 0.2) is 41.8 Å². The standard InChI is InChI=1S/C14H15NO3S/c1-18-11-7-13(19-9-11)14(17)15-12(8-16)10-5-3-2-4-6-10/h2-7,9,12,16H,8H2,1H3,(H,15,17)/t12-/m1/s1. The maximum Gasteiger partial charge on any atom is 0.262 e. The summed E-state index contributed by atoms with van der Waals surface area (Å²) in [5, 5.41) is 14.0. The predicted octanol–water partition coefficient (Wildman–Crippen LogP) is 2.22. The second-order valence-corrected chi connectivity index (χ2v) is 4.88. The van der Waals surface area contributed by atoms with Crippen LogP contribution in [0, 0.1) is 0 Å². The number of methoxy groups -OCH3 is 1. The van der Waals surface area contributed by atoms with Gasteiger partial charge in [0.15, 0.2) is 0 Å². The van der Waals surface area contributed by atoms with Crippen LogP contribution >= 0.6 is 11.3 Å². The molecule has 1 atom stereocenters. The van der Waals surface area contributed by atoms with E-state index >= 15 is 0 Å². The van der Waals surface area contributed by atoms with Crippen molar-refractivity contribution in [3.05, 3.63) is 52.2 Å². The number of nitrogens with one attached hydrogen (secondary N) is 1. The van der Waals surface area contributed by atoms with Crippen LogP contribution in [0.25, 0.3) is 0 Å². The molecule has 0 fully saturated rings. The SMILES string of the molecule is COc1csc(C(=O)N[C@H](CO)c2ccccc2)c1. The minimum absolute atomic E-state index is 0.141. The lowest BCUT2D eigenvalue weighted by Crippen LogP contribution is -2.30. The van der Waals surface area contributed by atoms with E-state index in [2.05, 4.69) is 5.32 Å². The molecule has 1 heterocycles. The van der Waals surface area contributed by atoms with Gasteiger partial charge in [0.25, 0.3) is 5.91 Å². The van der Waals surface area contributed by atoms with E-state index in [1.54, 1.807) is 18.6 Å². The average molecular weight is 277 g/mol. The summed E-state index contributed by atoms with van der Waals surface area (Å²) in [5.41, 5.74) is 0.877. The maximum absolute atomic E-state index is 12.0. The highest BCUT2D eigenvalue weighted by atomic mass is 32.1. The van der Waals surface area contributed by atoms with Gasteiger partial charge in [0, 0.05) is 11.4 Å². The Morgan fingerprint density at radius 1 is 1.42 bits per heavy atom. The Hall–Kier alpha value is -1.85. The van der Waals surface area contributed by atoms with Crippen molar-refractivity contribution in [2.75, 3.05) is 13.7 Å². The molecule has 2 N–H and O–H groups in total. The summed E-state index contributed by atoms with van der Waals surface area (Å²) in [4.78, 5) is 12.6. The first-order chi connectivity index (χ1) is 9.24. The summed E-state index contributed by atoms with van der Waals surface area (Å²) < 4.78 is 5.04. The summed E-state index contributed by atoms with van der Waals surface area (Å²) in [6.45, 7) is -0.141. The van der Waals surface area contributed by atoms with E-state index in [1.165, 1.54) is 11.3 Å². The van der Waals surface area contributed by atoms with Crippen molar-refractivity contribution in [2.24, 2.45) is 0 Å². The van der Waals surface area contributed by atoms with E-state index in [1.807, 2.05) is 30.3 Å². The predicted molar refractivity (Wildman–Crippen MR) is 74.6 cm³/mol. The summed E-state index contributed by atoms with van der Waals surface area (Å²) >= 11 is 1.31. The van der Waals surface area contributed by atoms with Crippen LogP contribution in [0.4, 0.5) is 0 Å². The van der Waals surface area contributed by atoms with Crippen molar-refractivity contribution in [2.45, 2.75) is 6.04 Å². The molecule has 19 heavy (non-hydrogen) atoms. The zero-order chi connectivity index (χ0) is 13.7. The van der Waals surface area contributed by atoms with Gasteiger partial charge in [-0.1, -0.05) is 30.3 Å². The van der Waals surface area contributed by atoms with Gasteiger partial charge in [0.05, 0.1) is 24.6 Å². The Bertz CT molecular complexity index is 539. The number of hydrogen-bond acceptors (Lipinski definition) is 4. The Morgan fingerprint density at radius 3 is 2.74 bits per heavy atom. The molecule has 0 unspecified atom stereocenters. The fraction of sp³-hybridized carbons (Fsp3) is 0.214. The number of benzene rings is 1. The molecule has 100 valence electrons. The van der Waals surface area contributed by atoms with Gasteiger partial charge in [-0.15, -0.1) is 11.3 Å². The highest BCUT2D eigenvalue weighted by molar-refractivity contribution is 7.12. The monoisotopic (exact) mass is 277 g/mol. The quantitative estimate of drug-likeness (QED) is 0.881. The number of rotatable bonds is 5. The number of aliphatic hydroxyl groups is 1. The number of hydrogen-bond donors (Lipinski definition) is 2. The summed E-state index contributed by atoms with van der Waals surface area (Å²) in [5.74, 6) is 0.451. The van der Waals surface area contributed by atoms with E-state index < -0.39 is 6.04 Å². The number of amides is 1. The maximum atomic E-state index is 12.0. The van der Waals surface area contributed by atoms with Crippen molar-refractivity contribution in [1.29, 1.82) is 0 Å². The highest BCUT2D eigenvalue weighted by Crippen LogP contribution is 2.22. The van der Waals surface area contributed by atoms with Crippen molar-refractivity contribution < 1.29 is 14.6 Å². The van der Waals surface area contributed by atoms with Crippen molar-refractivity contribution in [3.63, 3.8) is 0 Å². The third-order valence-corrected chi connectivity index (χ3v) is 3.63. The van der Waals surface area contributed by atoms with Gasteiger partial charge >= 0.3 is 0 Å². The van der Waals surface area contributed by atoms with Gasteiger partial charge in [0.2, 0.25) is 0 Å². The van der Waals surface area contributed by atoms with Crippen molar-refractivity contribution in [3.8, 4) is 5.75 Å². The first-order valence-electron chi connectivity index (χ1n) is 5.83. The van der Waals surface area contributed by atoms with E-state index in [-0.39, 0.29) is 12.5 Å². The largest absolute Gasteiger partial charge is 0.496 e. The Balaban J connectivity index is 2.08. The lowest BCUT2D eigenvalue weighted by molar-refractivity contribution is 0.0920. The molecule has 0 saturated carbocycles. The summed E-state index contributed by atoms with van der Waals surface area (Å²) in [6, 6.07) is 10.7. The molecule has 5 heteroatoms. The number of carbonyl (C=O) groups is 1. The van der Waals surface area contributed by atoms with Gasteiger partial charge < -0.3 is 15.2 Å². The third kappa shape index (κ3) is 3.33. The van der Waals surface area contributed by atoms with E-state index in [4.69, 9.17) is 4.74 Å². The molecule has 2 rings (SSSR count). The molecule has 0 aliphatic rings. The molecule has 1 aromatic heterocycles. The molecule has 4 nitrogen and oxygen atoms in total. The Kier molecular flexibility index (Phi) is 4.54. The molecule has 0 aliphatic carbocycles. The zero-order valence-electron chi connectivity index (χ0n) is 10.5. The zero-order valence-corrected chi connectivity index (χ0v) is 11.3.